The second-order valence-corrected chi connectivity index (χ2v) is 6.40. The van der Waals surface area contributed by atoms with Crippen molar-refractivity contribution in [1.82, 2.24) is 14.8 Å². The lowest BCUT2D eigenvalue weighted by atomic mass is 10.2. The van der Waals surface area contributed by atoms with Crippen molar-refractivity contribution in [1.29, 1.82) is 0 Å². The summed E-state index contributed by atoms with van der Waals surface area (Å²) in [6, 6.07) is 7.57. The average molecular weight is 359 g/mol. The summed E-state index contributed by atoms with van der Waals surface area (Å²) < 4.78 is 1.58. The number of thiazole rings is 1. The number of anilines is 1. The van der Waals surface area contributed by atoms with Crippen molar-refractivity contribution in [2.75, 3.05) is 5.32 Å². The van der Waals surface area contributed by atoms with Crippen LogP contribution in [-0.2, 0) is 11.8 Å². The molecule has 7 heteroatoms. The van der Waals surface area contributed by atoms with E-state index in [1.165, 1.54) is 6.08 Å². The Morgan fingerprint density at radius 2 is 2.08 bits per heavy atom. The van der Waals surface area contributed by atoms with Crippen molar-refractivity contribution in [2.45, 2.75) is 6.92 Å². The van der Waals surface area contributed by atoms with Crippen LogP contribution in [-0.4, -0.2) is 20.7 Å². The van der Waals surface area contributed by atoms with Gasteiger partial charge in [0.15, 0.2) is 0 Å². The van der Waals surface area contributed by atoms with Gasteiger partial charge in [0.1, 0.15) is 10.2 Å². The van der Waals surface area contributed by atoms with Gasteiger partial charge in [0.05, 0.1) is 5.69 Å². The van der Waals surface area contributed by atoms with E-state index < -0.39 is 0 Å². The molecule has 3 aromatic rings. The number of aryl methyl sites for hydroxylation is 2. The number of rotatable bonds is 4. The lowest BCUT2D eigenvalue weighted by Gasteiger charge is -2.03. The van der Waals surface area contributed by atoms with E-state index in [4.69, 9.17) is 11.6 Å². The molecule has 0 atom stereocenters. The van der Waals surface area contributed by atoms with Crippen molar-refractivity contribution >= 4 is 40.6 Å². The third-order valence-corrected chi connectivity index (χ3v) is 4.70. The molecule has 1 amide bonds. The Labute approximate surface area is 148 Å². The molecule has 1 N–H and O–H groups in total. The van der Waals surface area contributed by atoms with Crippen LogP contribution in [0.2, 0.25) is 5.15 Å². The fourth-order valence-corrected chi connectivity index (χ4v) is 3.12. The number of carbonyl (C=O) groups excluding carboxylic acids is 1. The second-order valence-electron chi connectivity index (χ2n) is 5.15. The van der Waals surface area contributed by atoms with Crippen LogP contribution < -0.4 is 5.32 Å². The number of amides is 1. The smallest absolute Gasteiger partial charge is 0.248 e. The molecule has 0 aliphatic heterocycles. The summed E-state index contributed by atoms with van der Waals surface area (Å²) in [6.45, 7) is 1.85. The van der Waals surface area contributed by atoms with Gasteiger partial charge in [-0.3, -0.25) is 9.48 Å². The van der Waals surface area contributed by atoms with E-state index in [-0.39, 0.29) is 5.91 Å². The van der Waals surface area contributed by atoms with Crippen LogP contribution in [0.3, 0.4) is 0 Å². The van der Waals surface area contributed by atoms with Crippen LogP contribution in [0.4, 0.5) is 5.69 Å². The largest absolute Gasteiger partial charge is 0.323 e. The molecule has 24 heavy (non-hydrogen) atoms. The van der Waals surface area contributed by atoms with Crippen LogP contribution in [0, 0.1) is 6.92 Å². The molecule has 2 aromatic heterocycles. The van der Waals surface area contributed by atoms with Crippen molar-refractivity contribution in [2.24, 2.45) is 7.05 Å². The Bertz CT molecular complexity index is 882. The Hall–Kier alpha value is -2.44. The third-order valence-electron chi connectivity index (χ3n) is 3.43. The number of halogens is 1. The van der Waals surface area contributed by atoms with Gasteiger partial charge in [-0.1, -0.05) is 11.6 Å². The number of hydrogen-bond acceptors (Lipinski definition) is 4. The zero-order chi connectivity index (χ0) is 17.1. The third kappa shape index (κ3) is 3.55. The summed E-state index contributed by atoms with van der Waals surface area (Å²) in [5.74, 6) is -0.226. The summed E-state index contributed by atoms with van der Waals surface area (Å²) >= 11 is 7.71. The topological polar surface area (TPSA) is 59.8 Å². The fraction of sp³-hybridized carbons (Fsp3) is 0.118. The molecular formula is C17H15ClN4OS. The molecule has 1 aromatic carbocycles. The molecule has 122 valence electrons. The molecule has 0 unspecified atom stereocenters. The Morgan fingerprint density at radius 1 is 1.33 bits per heavy atom. The van der Waals surface area contributed by atoms with Crippen LogP contribution in [0.1, 0.15) is 11.3 Å². The van der Waals surface area contributed by atoms with E-state index in [0.29, 0.717) is 5.15 Å². The quantitative estimate of drug-likeness (QED) is 0.712. The lowest BCUT2D eigenvalue weighted by Crippen LogP contribution is -2.07. The van der Waals surface area contributed by atoms with Gasteiger partial charge in [0.2, 0.25) is 5.91 Å². The van der Waals surface area contributed by atoms with Gasteiger partial charge in [-0.25, -0.2) is 4.98 Å². The first-order valence-corrected chi connectivity index (χ1v) is 8.48. The lowest BCUT2D eigenvalue weighted by molar-refractivity contribution is -0.111. The van der Waals surface area contributed by atoms with Crippen molar-refractivity contribution in [3.63, 3.8) is 0 Å². The zero-order valence-corrected chi connectivity index (χ0v) is 14.7. The maximum absolute atomic E-state index is 12.1. The highest BCUT2D eigenvalue weighted by Gasteiger charge is 2.08. The second kappa shape index (κ2) is 6.98. The van der Waals surface area contributed by atoms with Crippen LogP contribution in [0.15, 0.2) is 41.9 Å². The molecule has 3 rings (SSSR count). The maximum Gasteiger partial charge on any atom is 0.248 e. The fourth-order valence-electron chi connectivity index (χ4n) is 2.24. The van der Waals surface area contributed by atoms with Gasteiger partial charge in [0.25, 0.3) is 0 Å². The van der Waals surface area contributed by atoms with E-state index in [9.17, 15) is 4.79 Å². The SMILES string of the molecule is Cc1nn(C)c(Cl)c1/C=C/C(=O)Nc1ccc(-c2nccs2)cc1. The summed E-state index contributed by atoms with van der Waals surface area (Å²) in [7, 11) is 1.76. The molecule has 0 spiro atoms. The number of carbonyl (C=O) groups is 1. The number of nitrogens with zero attached hydrogens (tertiary/aromatic N) is 3. The Kier molecular flexibility index (Phi) is 4.78. The monoisotopic (exact) mass is 358 g/mol. The normalized spacial score (nSPS) is 11.1. The van der Waals surface area contributed by atoms with Gasteiger partial charge < -0.3 is 5.32 Å². The van der Waals surface area contributed by atoms with Crippen LogP contribution in [0.5, 0.6) is 0 Å². The average Bonchev–Trinajstić information content (AvgIpc) is 3.17. The summed E-state index contributed by atoms with van der Waals surface area (Å²) in [6.07, 6.45) is 4.89. The van der Waals surface area contributed by atoms with Gasteiger partial charge in [0, 0.05) is 41.5 Å². The van der Waals surface area contributed by atoms with E-state index in [0.717, 1.165) is 27.5 Å². The molecule has 5 nitrogen and oxygen atoms in total. The molecule has 0 saturated heterocycles. The summed E-state index contributed by atoms with van der Waals surface area (Å²) in [5.41, 5.74) is 3.27. The predicted molar refractivity (Wildman–Crippen MR) is 98.2 cm³/mol. The van der Waals surface area contributed by atoms with Gasteiger partial charge in [-0.15, -0.1) is 11.3 Å². The number of nitrogens with one attached hydrogen (secondary N) is 1. The predicted octanol–water partition coefficient (Wildman–Crippen LogP) is 4.16. The van der Waals surface area contributed by atoms with Crippen LogP contribution in [0.25, 0.3) is 16.6 Å². The van der Waals surface area contributed by atoms with Crippen molar-refractivity contribution < 1.29 is 4.79 Å². The zero-order valence-electron chi connectivity index (χ0n) is 13.2. The first-order valence-electron chi connectivity index (χ1n) is 7.22. The Balaban J connectivity index is 1.67. The highest BCUT2D eigenvalue weighted by molar-refractivity contribution is 7.13. The Morgan fingerprint density at radius 3 is 2.67 bits per heavy atom. The number of benzene rings is 1. The van der Waals surface area contributed by atoms with E-state index in [1.54, 1.807) is 35.3 Å². The van der Waals surface area contributed by atoms with E-state index in [2.05, 4.69) is 15.4 Å². The van der Waals surface area contributed by atoms with Crippen molar-refractivity contribution in [3.05, 3.63) is 58.3 Å². The highest BCUT2D eigenvalue weighted by Crippen LogP contribution is 2.23. The minimum absolute atomic E-state index is 0.226. The molecule has 0 bridgehead atoms. The molecule has 0 radical (unpaired) electrons. The van der Waals surface area contributed by atoms with Gasteiger partial charge >= 0.3 is 0 Å². The maximum atomic E-state index is 12.1. The summed E-state index contributed by atoms with van der Waals surface area (Å²) in [5, 5.41) is 10.4. The minimum Gasteiger partial charge on any atom is -0.323 e. The first kappa shape index (κ1) is 16.4. The first-order chi connectivity index (χ1) is 11.5. The molecule has 0 aliphatic rings. The standard InChI is InChI=1S/C17H15ClN4OS/c1-11-14(16(18)22(2)21-11)7-8-15(23)20-13-5-3-12(4-6-13)17-19-9-10-24-17/h3-10H,1-2H3,(H,20,23)/b8-7+. The highest BCUT2D eigenvalue weighted by atomic mass is 35.5. The molecule has 0 aliphatic carbocycles. The molecule has 0 fully saturated rings. The molecule has 2 heterocycles. The van der Waals surface area contributed by atoms with E-state index in [1.807, 2.05) is 36.6 Å². The minimum atomic E-state index is -0.226. The summed E-state index contributed by atoms with van der Waals surface area (Å²) in [4.78, 5) is 16.3. The van der Waals surface area contributed by atoms with Crippen LogP contribution >= 0.6 is 22.9 Å². The van der Waals surface area contributed by atoms with Gasteiger partial charge in [-0.2, -0.15) is 5.10 Å². The van der Waals surface area contributed by atoms with Gasteiger partial charge in [-0.05, 0) is 37.3 Å². The molecule has 0 saturated carbocycles. The number of aromatic nitrogens is 3. The van der Waals surface area contributed by atoms with Crippen molar-refractivity contribution in [3.8, 4) is 10.6 Å². The van der Waals surface area contributed by atoms with E-state index >= 15 is 0 Å². The molecular weight excluding hydrogens is 344 g/mol. The number of hydrogen-bond donors (Lipinski definition) is 1.